The molecule has 0 bridgehead atoms. The minimum Gasteiger partial charge on any atom is -0.465 e. The number of unbranched alkanes of at least 4 members (excludes halogenated alkanes) is 10. The summed E-state index contributed by atoms with van der Waals surface area (Å²) in [5, 5.41) is 0. The molecule has 0 fully saturated rings. The summed E-state index contributed by atoms with van der Waals surface area (Å²) in [7, 11) is 1.56. The number of carbonyl (C=O) groups is 2. The molecule has 1 unspecified atom stereocenters. The van der Waals surface area contributed by atoms with E-state index in [1.807, 2.05) is 0 Å². The Morgan fingerprint density at radius 1 is 0.619 bits per heavy atom. The number of ether oxygens (including phenoxy) is 6. The molecule has 0 N–H and O–H groups in total. The summed E-state index contributed by atoms with van der Waals surface area (Å²) in [5.41, 5.74) is 0. The summed E-state index contributed by atoms with van der Waals surface area (Å²) in [5.74, 6) is -0.600. The number of nitrogens with zero attached hydrogens (tertiary/aromatic N) is 1. The minimum absolute atomic E-state index is 0.0569. The van der Waals surface area contributed by atoms with Gasteiger partial charge in [0.2, 0.25) is 0 Å². The van der Waals surface area contributed by atoms with Gasteiger partial charge in [-0.2, -0.15) is 0 Å². The molecule has 0 spiro atoms. The molecule has 0 aromatic carbocycles. The molecule has 0 radical (unpaired) electrons. The summed E-state index contributed by atoms with van der Waals surface area (Å²) < 4.78 is 33.1. The molecule has 0 aromatic heterocycles. The fraction of sp³-hybridized carbons (Fsp3) is 0.939. The first kappa shape index (κ1) is 40.6. The number of methoxy groups -OCH3 is 1. The van der Waals surface area contributed by atoms with E-state index in [2.05, 4.69) is 32.6 Å². The molecule has 1 atom stereocenters. The predicted molar refractivity (Wildman–Crippen MR) is 168 cm³/mol. The Kier molecular flexibility index (Phi) is 30.0. The molecular formula is C33H65NO8. The SMILES string of the molecule is CCCCCCCCOC(CCC(=O)OCC(COC)COC(=O)OCCCN(CC)CC)OCCCCCCCC. The number of hydrogen-bond donors (Lipinski definition) is 0. The summed E-state index contributed by atoms with van der Waals surface area (Å²) in [6.45, 7) is 13.5. The van der Waals surface area contributed by atoms with Crippen molar-refractivity contribution in [3.63, 3.8) is 0 Å². The third-order valence-electron chi connectivity index (χ3n) is 7.24. The molecular weight excluding hydrogens is 538 g/mol. The highest BCUT2D eigenvalue weighted by Gasteiger charge is 2.18. The van der Waals surface area contributed by atoms with E-state index in [4.69, 9.17) is 28.4 Å². The van der Waals surface area contributed by atoms with Crippen LogP contribution in [0.3, 0.4) is 0 Å². The van der Waals surface area contributed by atoms with Gasteiger partial charge in [0.25, 0.3) is 0 Å². The van der Waals surface area contributed by atoms with Gasteiger partial charge in [0.05, 0.1) is 32.2 Å². The zero-order valence-electron chi connectivity index (χ0n) is 27.8. The van der Waals surface area contributed by atoms with Crippen LogP contribution < -0.4 is 0 Å². The second-order valence-electron chi connectivity index (χ2n) is 11.0. The van der Waals surface area contributed by atoms with Crippen LogP contribution in [0.4, 0.5) is 4.79 Å². The van der Waals surface area contributed by atoms with Gasteiger partial charge in [0, 0.05) is 33.3 Å². The van der Waals surface area contributed by atoms with Crippen molar-refractivity contribution >= 4 is 12.1 Å². The monoisotopic (exact) mass is 603 g/mol. The van der Waals surface area contributed by atoms with Gasteiger partial charge in [-0.3, -0.25) is 4.79 Å². The number of rotatable bonds is 31. The maximum Gasteiger partial charge on any atom is 0.508 e. The van der Waals surface area contributed by atoms with Crippen LogP contribution in [0.2, 0.25) is 0 Å². The molecule has 0 aliphatic carbocycles. The van der Waals surface area contributed by atoms with Gasteiger partial charge in [-0.05, 0) is 32.4 Å². The molecule has 0 saturated carbocycles. The van der Waals surface area contributed by atoms with Crippen LogP contribution in [-0.4, -0.2) is 89.7 Å². The summed E-state index contributed by atoms with van der Waals surface area (Å²) in [6, 6.07) is 0. The molecule has 0 aliphatic rings. The second kappa shape index (κ2) is 31.0. The molecule has 0 rings (SSSR count). The van der Waals surface area contributed by atoms with E-state index >= 15 is 0 Å². The molecule has 0 amide bonds. The summed E-state index contributed by atoms with van der Waals surface area (Å²) in [6.07, 6.45) is 14.6. The highest BCUT2D eigenvalue weighted by Crippen LogP contribution is 2.12. The summed E-state index contributed by atoms with van der Waals surface area (Å²) in [4.78, 5) is 26.7. The zero-order chi connectivity index (χ0) is 31.1. The van der Waals surface area contributed by atoms with E-state index in [0.29, 0.717) is 32.8 Å². The Morgan fingerprint density at radius 2 is 1.17 bits per heavy atom. The molecule has 0 aromatic rings. The van der Waals surface area contributed by atoms with E-state index in [1.54, 1.807) is 7.11 Å². The Labute approximate surface area is 257 Å². The topological polar surface area (TPSA) is 92.8 Å². The first-order valence-corrected chi connectivity index (χ1v) is 16.9. The second-order valence-corrected chi connectivity index (χ2v) is 11.0. The van der Waals surface area contributed by atoms with Crippen LogP contribution in [0.1, 0.15) is 124 Å². The van der Waals surface area contributed by atoms with Crippen molar-refractivity contribution in [2.45, 2.75) is 130 Å². The van der Waals surface area contributed by atoms with E-state index in [0.717, 1.165) is 51.7 Å². The van der Waals surface area contributed by atoms with Gasteiger partial charge < -0.3 is 33.3 Å². The quantitative estimate of drug-likeness (QED) is 0.0453. The molecule has 9 nitrogen and oxygen atoms in total. The molecule has 0 aliphatic heterocycles. The van der Waals surface area contributed by atoms with Crippen LogP contribution in [0.5, 0.6) is 0 Å². The van der Waals surface area contributed by atoms with Crippen molar-refractivity contribution < 1.29 is 38.0 Å². The van der Waals surface area contributed by atoms with Crippen LogP contribution in [0.25, 0.3) is 0 Å². The number of hydrogen-bond acceptors (Lipinski definition) is 9. The number of carbonyl (C=O) groups excluding carboxylic acids is 2. The average molecular weight is 604 g/mol. The maximum absolute atomic E-state index is 12.5. The van der Waals surface area contributed by atoms with Crippen LogP contribution in [0.15, 0.2) is 0 Å². The van der Waals surface area contributed by atoms with Crippen molar-refractivity contribution in [2.24, 2.45) is 5.92 Å². The smallest absolute Gasteiger partial charge is 0.465 e. The largest absolute Gasteiger partial charge is 0.508 e. The highest BCUT2D eigenvalue weighted by atomic mass is 16.7. The first-order chi connectivity index (χ1) is 20.5. The third kappa shape index (κ3) is 26.2. The Hall–Kier alpha value is -1.42. The Morgan fingerprint density at radius 3 is 1.71 bits per heavy atom. The molecule has 0 heterocycles. The van der Waals surface area contributed by atoms with Crippen LogP contribution >= 0.6 is 0 Å². The molecule has 42 heavy (non-hydrogen) atoms. The lowest BCUT2D eigenvalue weighted by Gasteiger charge is -2.19. The molecule has 250 valence electrons. The third-order valence-corrected chi connectivity index (χ3v) is 7.24. The van der Waals surface area contributed by atoms with Crippen LogP contribution in [0, 0.1) is 5.92 Å². The minimum atomic E-state index is -0.713. The zero-order valence-corrected chi connectivity index (χ0v) is 27.8. The van der Waals surface area contributed by atoms with Crippen molar-refractivity contribution in [1.29, 1.82) is 0 Å². The average Bonchev–Trinajstić information content (AvgIpc) is 2.99. The van der Waals surface area contributed by atoms with Gasteiger partial charge in [-0.15, -0.1) is 0 Å². The molecule has 9 heteroatoms. The predicted octanol–water partition coefficient (Wildman–Crippen LogP) is 7.54. The fourth-order valence-electron chi connectivity index (χ4n) is 4.52. The van der Waals surface area contributed by atoms with Crippen LogP contribution in [-0.2, 0) is 33.2 Å². The van der Waals surface area contributed by atoms with E-state index in [-0.39, 0.29) is 31.5 Å². The lowest BCUT2D eigenvalue weighted by molar-refractivity contribution is -0.160. The molecule has 0 saturated heterocycles. The lowest BCUT2D eigenvalue weighted by Crippen LogP contribution is -2.27. The first-order valence-electron chi connectivity index (χ1n) is 16.9. The van der Waals surface area contributed by atoms with E-state index in [9.17, 15) is 9.59 Å². The fourth-order valence-corrected chi connectivity index (χ4v) is 4.52. The van der Waals surface area contributed by atoms with Gasteiger partial charge in [0.15, 0.2) is 6.29 Å². The van der Waals surface area contributed by atoms with Crippen molar-refractivity contribution in [3.05, 3.63) is 0 Å². The van der Waals surface area contributed by atoms with Gasteiger partial charge in [-0.25, -0.2) is 4.79 Å². The normalized spacial score (nSPS) is 12.2. The van der Waals surface area contributed by atoms with E-state index < -0.39 is 12.4 Å². The van der Waals surface area contributed by atoms with Gasteiger partial charge >= 0.3 is 12.1 Å². The Balaban J connectivity index is 4.40. The van der Waals surface area contributed by atoms with E-state index in [1.165, 1.54) is 51.4 Å². The Bertz CT molecular complexity index is 585. The highest BCUT2D eigenvalue weighted by molar-refractivity contribution is 5.69. The van der Waals surface area contributed by atoms with Gasteiger partial charge in [-0.1, -0.05) is 91.9 Å². The summed E-state index contributed by atoms with van der Waals surface area (Å²) >= 11 is 0. The van der Waals surface area contributed by atoms with Crippen molar-refractivity contribution in [3.8, 4) is 0 Å². The standard InChI is InChI=1S/C33H65NO8/c1-6-10-12-14-16-18-24-38-32(39-25-19-17-15-13-11-7-2)22-21-31(35)41-28-30(27-37-5)29-42-33(36)40-26-20-23-34(8-3)9-4/h30,32H,6-29H2,1-5H3. The lowest BCUT2D eigenvalue weighted by atomic mass is 10.1. The van der Waals surface area contributed by atoms with Crippen molar-refractivity contribution in [2.75, 3.05) is 66.4 Å². The number of esters is 1. The van der Waals surface area contributed by atoms with Crippen molar-refractivity contribution in [1.82, 2.24) is 4.90 Å². The van der Waals surface area contributed by atoms with Gasteiger partial charge in [0.1, 0.15) is 6.61 Å². The maximum atomic E-state index is 12.5.